The minimum atomic E-state index is -0.627. The molecule has 6 nitrogen and oxygen atoms in total. The summed E-state index contributed by atoms with van der Waals surface area (Å²) in [4.78, 5) is 26.8. The van der Waals surface area contributed by atoms with Gasteiger partial charge in [-0.05, 0) is 44.0 Å². The average molecular weight is 330 g/mol. The summed E-state index contributed by atoms with van der Waals surface area (Å²) in [6, 6.07) is 6.26. The quantitative estimate of drug-likeness (QED) is 0.934. The van der Waals surface area contributed by atoms with Crippen LogP contribution in [0.3, 0.4) is 0 Å². The second kappa shape index (κ2) is 7.38. The molecule has 2 aromatic rings. The molecule has 0 spiro atoms. The molecule has 2 aromatic heterocycles. The van der Waals surface area contributed by atoms with Crippen LogP contribution in [0.1, 0.15) is 55.0 Å². The molecule has 128 valence electrons. The van der Waals surface area contributed by atoms with Crippen molar-refractivity contribution in [3.63, 3.8) is 0 Å². The van der Waals surface area contributed by atoms with Crippen LogP contribution >= 0.6 is 0 Å². The topological polar surface area (TPSA) is 75.7 Å². The Kier molecular flexibility index (Phi) is 5.03. The van der Waals surface area contributed by atoms with Gasteiger partial charge in [-0.15, -0.1) is 0 Å². The van der Waals surface area contributed by atoms with E-state index in [0.29, 0.717) is 6.54 Å². The monoisotopic (exact) mass is 330 g/mol. The van der Waals surface area contributed by atoms with Crippen molar-refractivity contribution < 1.29 is 18.4 Å². The van der Waals surface area contributed by atoms with Gasteiger partial charge < -0.3 is 19.1 Å². The molecule has 3 heterocycles. The number of likely N-dealkylation sites (tertiary alicyclic amines) is 1. The minimum Gasteiger partial charge on any atom is -0.467 e. The third-order valence-electron chi connectivity index (χ3n) is 4.37. The van der Waals surface area contributed by atoms with Crippen molar-refractivity contribution in [3.05, 3.63) is 48.3 Å². The molecular weight excluding hydrogens is 308 g/mol. The maximum Gasteiger partial charge on any atom is 0.287 e. The van der Waals surface area contributed by atoms with Gasteiger partial charge in [-0.25, -0.2) is 0 Å². The molecule has 1 aliphatic rings. The molecule has 1 aliphatic heterocycles. The number of carbonyl (C=O) groups is 2. The number of nitrogens with one attached hydrogen (secondary N) is 1. The number of furan rings is 2. The first-order valence-corrected chi connectivity index (χ1v) is 8.35. The Morgan fingerprint density at radius 1 is 1.17 bits per heavy atom. The van der Waals surface area contributed by atoms with Crippen LogP contribution in [0.15, 0.2) is 45.6 Å². The first kappa shape index (κ1) is 16.4. The zero-order valence-corrected chi connectivity index (χ0v) is 13.7. The lowest BCUT2D eigenvalue weighted by atomic mass is 10.1. The van der Waals surface area contributed by atoms with Crippen LogP contribution in [0.5, 0.6) is 0 Å². The normalized spacial score (nSPS) is 19.5. The van der Waals surface area contributed by atoms with E-state index in [-0.39, 0.29) is 23.6 Å². The molecule has 1 N–H and O–H groups in total. The number of amides is 2. The molecule has 1 fully saturated rings. The van der Waals surface area contributed by atoms with E-state index in [9.17, 15) is 9.59 Å². The van der Waals surface area contributed by atoms with Crippen molar-refractivity contribution in [2.75, 3.05) is 6.54 Å². The zero-order valence-electron chi connectivity index (χ0n) is 13.7. The third kappa shape index (κ3) is 3.53. The Labute approximate surface area is 140 Å². The lowest BCUT2D eigenvalue weighted by Gasteiger charge is -2.31. The predicted molar refractivity (Wildman–Crippen MR) is 87.3 cm³/mol. The molecule has 0 unspecified atom stereocenters. The Morgan fingerprint density at radius 2 is 1.96 bits per heavy atom. The molecule has 6 heteroatoms. The van der Waals surface area contributed by atoms with Crippen molar-refractivity contribution in [2.45, 2.75) is 44.7 Å². The highest BCUT2D eigenvalue weighted by atomic mass is 16.3. The third-order valence-corrected chi connectivity index (χ3v) is 4.37. The smallest absolute Gasteiger partial charge is 0.287 e. The molecule has 1 saturated heterocycles. The second-order valence-electron chi connectivity index (χ2n) is 6.08. The first-order valence-electron chi connectivity index (χ1n) is 8.35. The zero-order chi connectivity index (χ0) is 16.9. The summed E-state index contributed by atoms with van der Waals surface area (Å²) in [5.41, 5.74) is 0. The van der Waals surface area contributed by atoms with Crippen LogP contribution in [0.4, 0.5) is 0 Å². The van der Waals surface area contributed by atoms with E-state index in [2.05, 4.69) is 5.32 Å². The molecule has 3 rings (SSSR count). The molecule has 0 aliphatic carbocycles. The van der Waals surface area contributed by atoms with Gasteiger partial charge in [0.2, 0.25) is 5.91 Å². The van der Waals surface area contributed by atoms with Gasteiger partial charge in [0.25, 0.3) is 5.91 Å². The summed E-state index contributed by atoms with van der Waals surface area (Å²) >= 11 is 0. The van der Waals surface area contributed by atoms with Crippen LogP contribution in [0.2, 0.25) is 0 Å². The molecule has 0 bridgehead atoms. The van der Waals surface area contributed by atoms with Crippen LogP contribution in [-0.2, 0) is 4.79 Å². The lowest BCUT2D eigenvalue weighted by molar-refractivity contribution is -0.135. The van der Waals surface area contributed by atoms with Gasteiger partial charge in [0, 0.05) is 6.54 Å². The Hall–Kier alpha value is -2.50. The van der Waals surface area contributed by atoms with Gasteiger partial charge in [0.1, 0.15) is 11.8 Å². The van der Waals surface area contributed by atoms with Gasteiger partial charge in [-0.3, -0.25) is 9.59 Å². The standard InChI is InChI=1S/C18H22N2O4/c1-13(19-17(21)16-9-6-12-24-16)18(22)20-10-4-2-3-7-14(20)15-8-5-11-23-15/h5-6,8-9,11-14H,2-4,7,10H2,1H3,(H,19,21)/t13-,14+/m1/s1. The van der Waals surface area contributed by atoms with E-state index < -0.39 is 6.04 Å². The largest absolute Gasteiger partial charge is 0.467 e. The van der Waals surface area contributed by atoms with E-state index in [1.54, 1.807) is 25.3 Å². The van der Waals surface area contributed by atoms with Gasteiger partial charge in [0.15, 0.2) is 5.76 Å². The SMILES string of the molecule is C[C@@H](NC(=O)c1ccco1)C(=O)N1CCCCC[C@H]1c1ccco1. The van der Waals surface area contributed by atoms with Crippen molar-refractivity contribution in [1.82, 2.24) is 10.2 Å². The Bertz CT molecular complexity index is 663. The second-order valence-corrected chi connectivity index (χ2v) is 6.08. The van der Waals surface area contributed by atoms with Crippen molar-refractivity contribution in [1.29, 1.82) is 0 Å². The van der Waals surface area contributed by atoms with Crippen LogP contribution in [-0.4, -0.2) is 29.3 Å². The Morgan fingerprint density at radius 3 is 2.67 bits per heavy atom. The predicted octanol–water partition coefficient (Wildman–Crippen LogP) is 3.13. The van der Waals surface area contributed by atoms with Crippen molar-refractivity contribution in [3.8, 4) is 0 Å². The van der Waals surface area contributed by atoms with Crippen LogP contribution in [0, 0.1) is 0 Å². The highest BCUT2D eigenvalue weighted by Gasteiger charge is 2.32. The molecule has 0 aromatic carbocycles. The van der Waals surface area contributed by atoms with E-state index >= 15 is 0 Å². The summed E-state index contributed by atoms with van der Waals surface area (Å²) in [5, 5.41) is 2.71. The van der Waals surface area contributed by atoms with Gasteiger partial charge >= 0.3 is 0 Å². The highest BCUT2D eigenvalue weighted by Crippen LogP contribution is 2.30. The molecule has 0 radical (unpaired) electrons. The number of rotatable bonds is 4. The fourth-order valence-corrected chi connectivity index (χ4v) is 3.13. The summed E-state index contributed by atoms with van der Waals surface area (Å²) in [6.45, 7) is 2.37. The van der Waals surface area contributed by atoms with E-state index in [1.165, 1.54) is 6.26 Å². The summed E-state index contributed by atoms with van der Waals surface area (Å²) in [6.07, 6.45) is 7.05. The molecule has 2 amide bonds. The van der Waals surface area contributed by atoms with Gasteiger partial charge in [0.05, 0.1) is 18.6 Å². The van der Waals surface area contributed by atoms with Gasteiger partial charge in [-0.2, -0.15) is 0 Å². The van der Waals surface area contributed by atoms with E-state index in [0.717, 1.165) is 31.4 Å². The fourth-order valence-electron chi connectivity index (χ4n) is 3.13. The van der Waals surface area contributed by atoms with Gasteiger partial charge in [-0.1, -0.05) is 12.8 Å². The summed E-state index contributed by atoms with van der Waals surface area (Å²) < 4.78 is 10.6. The highest BCUT2D eigenvalue weighted by molar-refractivity contribution is 5.95. The molecule has 24 heavy (non-hydrogen) atoms. The average Bonchev–Trinajstić information content (AvgIpc) is 3.24. The maximum atomic E-state index is 12.9. The summed E-state index contributed by atoms with van der Waals surface area (Å²) in [7, 11) is 0. The number of hydrogen-bond acceptors (Lipinski definition) is 4. The maximum absolute atomic E-state index is 12.9. The summed E-state index contributed by atoms with van der Waals surface area (Å²) in [5.74, 6) is 0.520. The number of hydrogen-bond donors (Lipinski definition) is 1. The fraction of sp³-hybridized carbons (Fsp3) is 0.444. The van der Waals surface area contributed by atoms with E-state index in [4.69, 9.17) is 8.83 Å². The molecular formula is C18H22N2O4. The number of nitrogens with zero attached hydrogens (tertiary/aromatic N) is 1. The molecule has 2 atom stereocenters. The van der Waals surface area contributed by atoms with Crippen molar-refractivity contribution in [2.24, 2.45) is 0 Å². The minimum absolute atomic E-state index is 0.0713. The lowest BCUT2D eigenvalue weighted by Crippen LogP contribution is -2.48. The number of carbonyl (C=O) groups excluding carboxylic acids is 2. The van der Waals surface area contributed by atoms with E-state index in [1.807, 2.05) is 17.0 Å². The van der Waals surface area contributed by atoms with Crippen LogP contribution < -0.4 is 5.32 Å². The Balaban J connectivity index is 1.71. The van der Waals surface area contributed by atoms with Crippen molar-refractivity contribution >= 4 is 11.8 Å². The van der Waals surface area contributed by atoms with Crippen LogP contribution in [0.25, 0.3) is 0 Å². The first-order chi connectivity index (χ1) is 11.7. The molecule has 0 saturated carbocycles.